The minimum Gasteiger partial charge on any atom is -0.494 e. The van der Waals surface area contributed by atoms with Gasteiger partial charge in [0.2, 0.25) is 0 Å². The minimum atomic E-state index is -0.516. The van der Waals surface area contributed by atoms with Crippen LogP contribution < -0.4 is 10.4 Å². The Bertz CT molecular complexity index is 1560. The van der Waals surface area contributed by atoms with Gasteiger partial charge in [0.25, 0.3) is 0 Å². The van der Waals surface area contributed by atoms with Gasteiger partial charge in [0.15, 0.2) is 11.6 Å². The van der Waals surface area contributed by atoms with E-state index in [-0.39, 0.29) is 11.4 Å². The number of aromatic amines is 1. The summed E-state index contributed by atoms with van der Waals surface area (Å²) in [5.74, 6) is 0.320. The van der Waals surface area contributed by atoms with E-state index >= 15 is 0 Å². The van der Waals surface area contributed by atoms with Crippen LogP contribution in [-0.4, -0.2) is 41.9 Å². The number of H-pyrrole nitrogens is 1. The zero-order valence-electron chi connectivity index (χ0n) is 20.6. The molecular weight excluding hydrogens is 473 g/mol. The molecule has 10 heteroatoms. The smallest absolute Gasteiger partial charge is 0.333 e. The summed E-state index contributed by atoms with van der Waals surface area (Å²) < 4.78 is 23.2. The fourth-order valence-electron chi connectivity index (χ4n) is 4.36. The molecule has 37 heavy (non-hydrogen) atoms. The van der Waals surface area contributed by atoms with E-state index in [0.717, 1.165) is 40.9 Å². The fraction of sp³-hybridized carbons (Fsp3) is 0.222. The molecule has 3 aromatic heterocycles. The molecule has 0 saturated carbocycles. The van der Waals surface area contributed by atoms with Crippen LogP contribution in [0.5, 0.6) is 5.75 Å². The summed E-state index contributed by atoms with van der Waals surface area (Å²) in [5.41, 5.74) is 3.99. The molecule has 3 heterocycles. The first kappa shape index (κ1) is 24.1. The normalized spacial score (nSPS) is 11.1. The van der Waals surface area contributed by atoms with Crippen LogP contribution in [0.3, 0.4) is 0 Å². The first-order chi connectivity index (χ1) is 18.1. The maximum absolute atomic E-state index is 14.8. The molecule has 1 N–H and O–H groups in total. The van der Waals surface area contributed by atoms with Gasteiger partial charge >= 0.3 is 5.69 Å². The molecule has 2 aromatic carbocycles. The average Bonchev–Trinajstić information content (AvgIpc) is 3.57. The average molecular weight is 500 g/mol. The lowest BCUT2D eigenvalue weighted by atomic mass is 10.0. The minimum absolute atomic E-state index is 0.117. The first-order valence-corrected chi connectivity index (χ1v) is 12.0. The number of benzene rings is 2. The van der Waals surface area contributed by atoms with Gasteiger partial charge in [-0.3, -0.25) is 14.1 Å². The zero-order chi connectivity index (χ0) is 25.8. The van der Waals surface area contributed by atoms with Gasteiger partial charge in [-0.2, -0.15) is 0 Å². The van der Waals surface area contributed by atoms with Gasteiger partial charge < -0.3 is 4.74 Å². The van der Waals surface area contributed by atoms with Crippen LogP contribution in [0.4, 0.5) is 4.39 Å². The largest absolute Gasteiger partial charge is 0.494 e. The highest BCUT2D eigenvalue weighted by atomic mass is 19.1. The van der Waals surface area contributed by atoms with Gasteiger partial charge in [0.05, 0.1) is 19.3 Å². The maximum Gasteiger partial charge on any atom is 0.333 e. The monoisotopic (exact) mass is 499 g/mol. The van der Waals surface area contributed by atoms with Crippen molar-refractivity contribution in [3.05, 3.63) is 94.5 Å². The van der Waals surface area contributed by atoms with Crippen molar-refractivity contribution in [1.82, 2.24) is 34.7 Å². The Morgan fingerprint density at radius 1 is 1.08 bits per heavy atom. The molecule has 9 nitrogen and oxygen atoms in total. The predicted octanol–water partition coefficient (Wildman–Crippen LogP) is 4.42. The maximum atomic E-state index is 14.8. The van der Waals surface area contributed by atoms with Gasteiger partial charge in [-0.05, 0) is 53.1 Å². The Labute approximate surface area is 212 Å². The summed E-state index contributed by atoms with van der Waals surface area (Å²) in [5, 5.41) is 14.1. The Hall–Kier alpha value is -4.60. The van der Waals surface area contributed by atoms with Crippen molar-refractivity contribution in [1.29, 1.82) is 0 Å². The number of halogens is 1. The van der Waals surface area contributed by atoms with Crippen LogP contribution >= 0.6 is 0 Å². The summed E-state index contributed by atoms with van der Waals surface area (Å²) in [7, 11) is 1.46. The van der Waals surface area contributed by atoms with Crippen molar-refractivity contribution in [3.63, 3.8) is 0 Å². The Morgan fingerprint density at radius 2 is 1.92 bits per heavy atom. The SMILES string of the molecule is CCCCc1cn(-c2c(F)cccc2OC)c(=O)n1Cc1ccc(-c2ncccc2-c2nnn[nH]2)cc1. The highest BCUT2D eigenvalue weighted by molar-refractivity contribution is 5.76. The van der Waals surface area contributed by atoms with Crippen molar-refractivity contribution < 1.29 is 9.13 Å². The number of para-hydroxylation sites is 1. The summed E-state index contributed by atoms with van der Waals surface area (Å²) in [6.07, 6.45) is 6.03. The number of methoxy groups -OCH3 is 1. The fourth-order valence-corrected chi connectivity index (χ4v) is 4.36. The van der Waals surface area contributed by atoms with Crippen molar-refractivity contribution in [2.24, 2.45) is 0 Å². The Kier molecular flexibility index (Phi) is 6.89. The summed E-state index contributed by atoms with van der Waals surface area (Å²) >= 11 is 0. The van der Waals surface area contributed by atoms with Gasteiger partial charge in [-0.1, -0.05) is 43.7 Å². The van der Waals surface area contributed by atoms with Crippen LogP contribution in [0.2, 0.25) is 0 Å². The van der Waals surface area contributed by atoms with Crippen LogP contribution in [0.15, 0.2) is 71.8 Å². The lowest BCUT2D eigenvalue weighted by Gasteiger charge is -2.10. The molecule has 0 radical (unpaired) electrons. The van der Waals surface area contributed by atoms with Gasteiger partial charge in [0, 0.05) is 29.2 Å². The molecule has 188 valence electrons. The van der Waals surface area contributed by atoms with E-state index in [4.69, 9.17) is 4.74 Å². The second kappa shape index (κ2) is 10.6. The number of aromatic nitrogens is 7. The predicted molar refractivity (Wildman–Crippen MR) is 137 cm³/mol. The van der Waals surface area contributed by atoms with Crippen LogP contribution in [-0.2, 0) is 13.0 Å². The van der Waals surface area contributed by atoms with Gasteiger partial charge in [0.1, 0.15) is 11.4 Å². The molecule has 0 aliphatic carbocycles. The van der Waals surface area contributed by atoms with Crippen molar-refractivity contribution in [2.45, 2.75) is 32.7 Å². The lowest BCUT2D eigenvalue weighted by Crippen LogP contribution is -2.25. The number of nitrogens with one attached hydrogen (secondary N) is 1. The number of tetrazole rings is 1. The molecule has 0 aliphatic rings. The molecule has 0 unspecified atom stereocenters. The summed E-state index contributed by atoms with van der Waals surface area (Å²) in [6, 6.07) is 16.1. The van der Waals surface area contributed by atoms with Gasteiger partial charge in [-0.15, -0.1) is 5.10 Å². The number of rotatable bonds is 9. The quantitative estimate of drug-likeness (QED) is 0.322. The van der Waals surface area contributed by atoms with Crippen molar-refractivity contribution in [2.75, 3.05) is 7.11 Å². The molecule has 5 rings (SSSR count). The number of aryl methyl sites for hydroxylation is 1. The topological polar surface area (TPSA) is 104 Å². The molecule has 0 atom stereocenters. The van der Waals surface area contributed by atoms with Crippen molar-refractivity contribution in [3.8, 4) is 34.1 Å². The molecule has 0 saturated heterocycles. The molecule has 0 amide bonds. The van der Waals surface area contributed by atoms with Gasteiger partial charge in [-0.25, -0.2) is 14.3 Å². The number of nitrogens with zero attached hydrogens (tertiary/aromatic N) is 6. The third-order valence-corrected chi connectivity index (χ3v) is 6.24. The number of imidazole rings is 1. The number of hydrogen-bond donors (Lipinski definition) is 1. The number of hydrogen-bond acceptors (Lipinski definition) is 6. The molecule has 0 fully saturated rings. The molecule has 0 bridgehead atoms. The van der Waals surface area contributed by atoms with E-state index in [1.165, 1.54) is 17.7 Å². The van der Waals surface area contributed by atoms with E-state index in [2.05, 4.69) is 32.5 Å². The molecule has 5 aromatic rings. The van der Waals surface area contributed by atoms with Crippen LogP contribution in [0, 0.1) is 5.82 Å². The summed E-state index contributed by atoms with van der Waals surface area (Å²) in [6.45, 7) is 2.45. The number of unbranched alkanes of at least 4 members (excludes halogenated alkanes) is 1. The zero-order valence-corrected chi connectivity index (χ0v) is 20.6. The van der Waals surface area contributed by atoms with Crippen molar-refractivity contribution >= 4 is 0 Å². The first-order valence-electron chi connectivity index (χ1n) is 12.0. The van der Waals surface area contributed by atoms with E-state index in [1.807, 2.05) is 36.4 Å². The number of pyridine rings is 1. The van der Waals surface area contributed by atoms with E-state index in [9.17, 15) is 9.18 Å². The number of ether oxygens (including phenoxy) is 1. The third-order valence-electron chi connectivity index (χ3n) is 6.24. The highest BCUT2D eigenvalue weighted by Gasteiger charge is 2.19. The molecule has 0 aliphatic heterocycles. The standard InChI is InChI=1S/C27H26FN7O2/c1-3-4-7-20-17-35(25-22(28)9-5-10-23(25)37-2)27(36)34(20)16-18-11-13-19(14-12-18)24-21(8-6-15-29-24)26-30-32-33-31-26/h5-6,8-15,17H,3-4,7,16H2,1-2H3,(H,30,31,32,33). The molecule has 0 spiro atoms. The van der Waals surface area contributed by atoms with E-state index < -0.39 is 5.82 Å². The second-order valence-corrected chi connectivity index (χ2v) is 8.60. The summed E-state index contributed by atoms with van der Waals surface area (Å²) in [4.78, 5) is 18.0. The highest BCUT2D eigenvalue weighted by Crippen LogP contribution is 2.28. The van der Waals surface area contributed by atoms with E-state index in [1.54, 1.807) is 29.1 Å². The third kappa shape index (κ3) is 4.77. The van der Waals surface area contributed by atoms with Crippen LogP contribution in [0.1, 0.15) is 31.0 Å². The lowest BCUT2D eigenvalue weighted by molar-refractivity contribution is 0.408. The Morgan fingerprint density at radius 3 is 2.65 bits per heavy atom. The van der Waals surface area contributed by atoms with Crippen LogP contribution in [0.25, 0.3) is 28.3 Å². The second-order valence-electron chi connectivity index (χ2n) is 8.60. The van der Waals surface area contributed by atoms with E-state index in [0.29, 0.717) is 24.5 Å². The molecular formula is C27H26FN7O2. The Balaban J connectivity index is 1.50.